The van der Waals surface area contributed by atoms with Crippen molar-refractivity contribution in [3.8, 4) is 0 Å². The zero-order valence-corrected chi connectivity index (χ0v) is 17.4. The number of piperazine rings is 1. The number of hydrogen-bond donors (Lipinski definition) is 1. The highest BCUT2D eigenvalue weighted by molar-refractivity contribution is 5.88. The van der Waals surface area contributed by atoms with Gasteiger partial charge in [0.25, 0.3) is 0 Å². The van der Waals surface area contributed by atoms with Crippen molar-refractivity contribution in [2.45, 2.75) is 32.7 Å². The molecule has 5 nitrogen and oxygen atoms in total. The number of likely N-dealkylation sites (N-methyl/N-ethyl adjacent to an activating group) is 1. The molecule has 0 radical (unpaired) electrons. The highest BCUT2D eigenvalue weighted by Crippen LogP contribution is 2.37. The van der Waals surface area contributed by atoms with Crippen molar-refractivity contribution < 1.29 is 4.74 Å². The van der Waals surface area contributed by atoms with Crippen molar-refractivity contribution in [3.05, 3.63) is 47.1 Å². The lowest BCUT2D eigenvalue weighted by atomic mass is 9.93. The van der Waals surface area contributed by atoms with Gasteiger partial charge in [-0.1, -0.05) is 5.73 Å². The number of allylic oxidation sites excluding steroid dienone is 3. The van der Waals surface area contributed by atoms with E-state index in [2.05, 4.69) is 46.5 Å². The van der Waals surface area contributed by atoms with Crippen molar-refractivity contribution >= 4 is 16.9 Å². The van der Waals surface area contributed by atoms with Crippen LogP contribution in [-0.2, 0) is 4.74 Å². The number of anilines is 2. The summed E-state index contributed by atoms with van der Waals surface area (Å²) in [5, 5.41) is 0. The van der Waals surface area contributed by atoms with Crippen LogP contribution in [0, 0.1) is 0 Å². The summed E-state index contributed by atoms with van der Waals surface area (Å²) in [4.78, 5) is 7.65. The van der Waals surface area contributed by atoms with E-state index < -0.39 is 0 Å². The van der Waals surface area contributed by atoms with Gasteiger partial charge >= 0.3 is 0 Å². The first kappa shape index (κ1) is 19.1. The average Bonchev–Trinajstić information content (AvgIpc) is 2.69. The molecule has 150 valence electrons. The topological polar surface area (TPSA) is 45.0 Å². The quantitative estimate of drug-likeness (QED) is 0.644. The van der Waals surface area contributed by atoms with Crippen molar-refractivity contribution in [3.63, 3.8) is 0 Å². The van der Waals surface area contributed by atoms with E-state index in [1.165, 1.54) is 44.7 Å². The molecule has 3 heterocycles. The molecule has 0 saturated carbocycles. The van der Waals surface area contributed by atoms with Crippen LogP contribution in [0.2, 0.25) is 0 Å². The summed E-state index contributed by atoms with van der Waals surface area (Å²) < 4.78 is 5.66. The molecule has 0 amide bonds. The summed E-state index contributed by atoms with van der Waals surface area (Å²) in [6, 6.07) is 6.98. The molecule has 2 fully saturated rings. The first-order valence-electron chi connectivity index (χ1n) is 10.4. The minimum atomic E-state index is 0.714. The summed E-state index contributed by atoms with van der Waals surface area (Å²) in [6.07, 6.45) is 4.08. The zero-order valence-electron chi connectivity index (χ0n) is 17.4. The number of benzene rings is 1. The molecule has 0 aromatic heterocycles. The van der Waals surface area contributed by atoms with Gasteiger partial charge in [-0.05, 0) is 51.9 Å². The number of nitrogen functional groups attached to an aromatic ring is 1. The average molecular weight is 381 g/mol. The van der Waals surface area contributed by atoms with Gasteiger partial charge in [0.1, 0.15) is 12.0 Å². The van der Waals surface area contributed by atoms with Crippen molar-refractivity contribution in [1.29, 1.82) is 0 Å². The van der Waals surface area contributed by atoms with Crippen molar-refractivity contribution in [2.24, 2.45) is 0 Å². The number of nitrogens with zero attached hydrogens (tertiary/aromatic N) is 3. The lowest BCUT2D eigenvalue weighted by Crippen LogP contribution is -2.52. The van der Waals surface area contributed by atoms with Gasteiger partial charge in [0, 0.05) is 73.4 Å². The van der Waals surface area contributed by atoms with Crippen molar-refractivity contribution in [2.75, 3.05) is 56.9 Å². The smallest absolute Gasteiger partial charge is 0.133 e. The standard InChI is InChI=1S/C23H32N4O/c1-17-8-15-28-18(2)23(17)21-16-19(24)4-5-22(21)27-9-6-20(7-10-27)26-13-11-25(3)12-14-26/h4-5,15-16,20H,6-7,9-14,24H2,1-3H3. The van der Waals surface area contributed by atoms with Crippen LogP contribution < -0.4 is 10.6 Å². The molecular weight excluding hydrogens is 348 g/mol. The van der Waals surface area contributed by atoms with E-state index in [1.54, 1.807) is 6.26 Å². The molecule has 4 rings (SSSR count). The number of nitrogens with two attached hydrogens (primary N) is 1. The maximum absolute atomic E-state index is 6.16. The molecule has 0 unspecified atom stereocenters. The summed E-state index contributed by atoms with van der Waals surface area (Å²) in [7, 11) is 2.22. The van der Waals surface area contributed by atoms with Crippen LogP contribution in [0.3, 0.4) is 0 Å². The van der Waals surface area contributed by atoms with E-state index >= 15 is 0 Å². The van der Waals surface area contributed by atoms with Crippen LogP contribution in [0.15, 0.2) is 41.5 Å². The summed E-state index contributed by atoms with van der Waals surface area (Å²) >= 11 is 0. The fourth-order valence-corrected chi connectivity index (χ4v) is 4.68. The molecule has 28 heavy (non-hydrogen) atoms. The number of piperidine rings is 1. The highest BCUT2D eigenvalue weighted by Gasteiger charge is 2.28. The van der Waals surface area contributed by atoms with E-state index in [9.17, 15) is 0 Å². The van der Waals surface area contributed by atoms with Crippen molar-refractivity contribution in [1.82, 2.24) is 9.80 Å². The number of hydrogen-bond acceptors (Lipinski definition) is 5. The van der Waals surface area contributed by atoms with Gasteiger partial charge in [-0.25, -0.2) is 0 Å². The van der Waals surface area contributed by atoms with E-state index in [-0.39, 0.29) is 0 Å². The first-order valence-corrected chi connectivity index (χ1v) is 10.4. The monoisotopic (exact) mass is 380 g/mol. The second-order valence-corrected chi connectivity index (χ2v) is 8.27. The van der Waals surface area contributed by atoms with Gasteiger partial charge < -0.3 is 20.3 Å². The molecule has 0 spiro atoms. The maximum Gasteiger partial charge on any atom is 0.133 e. The lowest BCUT2D eigenvalue weighted by Gasteiger charge is -2.43. The van der Waals surface area contributed by atoms with Gasteiger partial charge in [-0.2, -0.15) is 0 Å². The molecule has 2 N–H and O–H groups in total. The second kappa shape index (κ2) is 8.04. The van der Waals surface area contributed by atoms with Gasteiger partial charge in [0.2, 0.25) is 0 Å². The minimum absolute atomic E-state index is 0.714. The summed E-state index contributed by atoms with van der Waals surface area (Å²) in [5.74, 6) is 0.912. The lowest BCUT2D eigenvalue weighted by molar-refractivity contribution is 0.0982. The van der Waals surface area contributed by atoms with E-state index in [0.29, 0.717) is 6.04 Å². The van der Waals surface area contributed by atoms with Gasteiger partial charge in [-0.3, -0.25) is 4.90 Å². The molecule has 3 aliphatic heterocycles. The Morgan fingerprint density at radius 2 is 1.75 bits per heavy atom. The third-order valence-electron chi connectivity index (χ3n) is 6.39. The molecule has 0 atom stereocenters. The maximum atomic E-state index is 6.16. The fraction of sp³-hybridized carbons (Fsp3) is 0.522. The Hall–Kier alpha value is -2.20. The Labute approximate surface area is 168 Å². The van der Waals surface area contributed by atoms with Crippen LogP contribution in [-0.4, -0.2) is 62.2 Å². The Morgan fingerprint density at radius 1 is 1.04 bits per heavy atom. The Balaban J connectivity index is 1.53. The Bertz CT molecular complexity index is 821. The number of ether oxygens (including phenoxy) is 1. The van der Waals surface area contributed by atoms with E-state index in [1.807, 2.05) is 13.0 Å². The van der Waals surface area contributed by atoms with Crippen LogP contribution in [0.25, 0.3) is 5.57 Å². The van der Waals surface area contributed by atoms with Crippen LogP contribution in [0.5, 0.6) is 0 Å². The Kier molecular flexibility index (Phi) is 5.49. The van der Waals surface area contributed by atoms with E-state index in [4.69, 9.17) is 10.5 Å². The van der Waals surface area contributed by atoms with Gasteiger partial charge in [0.05, 0.1) is 0 Å². The molecular formula is C23H32N4O. The minimum Gasteiger partial charge on any atom is -0.461 e. The molecule has 2 saturated heterocycles. The third-order valence-corrected chi connectivity index (χ3v) is 6.39. The van der Waals surface area contributed by atoms with Crippen LogP contribution in [0.4, 0.5) is 11.4 Å². The fourth-order valence-electron chi connectivity index (χ4n) is 4.68. The summed E-state index contributed by atoms with van der Waals surface area (Å²) in [5.41, 5.74) is 14.8. The summed E-state index contributed by atoms with van der Waals surface area (Å²) in [6.45, 7) is 11.1. The molecule has 3 aliphatic rings. The molecule has 1 aromatic rings. The third kappa shape index (κ3) is 3.83. The molecule has 5 heteroatoms. The van der Waals surface area contributed by atoms with Gasteiger partial charge in [-0.15, -0.1) is 0 Å². The van der Waals surface area contributed by atoms with Crippen LogP contribution >= 0.6 is 0 Å². The van der Waals surface area contributed by atoms with Crippen LogP contribution in [0.1, 0.15) is 32.3 Å². The highest BCUT2D eigenvalue weighted by atomic mass is 16.5. The largest absolute Gasteiger partial charge is 0.461 e. The van der Waals surface area contributed by atoms with Gasteiger partial charge in [0.15, 0.2) is 0 Å². The second-order valence-electron chi connectivity index (χ2n) is 8.27. The number of rotatable bonds is 3. The predicted molar refractivity (Wildman–Crippen MR) is 116 cm³/mol. The first-order chi connectivity index (χ1) is 13.5. The predicted octanol–water partition coefficient (Wildman–Crippen LogP) is 3.31. The molecule has 0 aliphatic carbocycles. The normalized spacial score (nSPS) is 22.4. The molecule has 0 bridgehead atoms. The Morgan fingerprint density at radius 3 is 2.43 bits per heavy atom. The van der Waals surface area contributed by atoms with E-state index in [0.717, 1.165) is 41.2 Å². The zero-order chi connectivity index (χ0) is 19.7. The SMILES string of the molecule is CC1=C=COC(C)=C1c1cc(N)ccc1N1CCC(N2CCN(C)CC2)CC1. The molecule has 1 aromatic carbocycles.